The smallest absolute Gasteiger partial charge is 0.340 e. The van der Waals surface area contributed by atoms with Crippen molar-refractivity contribution >= 4 is 39.6 Å². The van der Waals surface area contributed by atoms with Crippen LogP contribution in [-0.2, 0) is 15.9 Å². The lowest BCUT2D eigenvalue weighted by atomic mass is 10.1. The summed E-state index contributed by atoms with van der Waals surface area (Å²) < 4.78 is 10.3. The molecule has 1 saturated heterocycles. The third-order valence-corrected chi connectivity index (χ3v) is 5.34. The summed E-state index contributed by atoms with van der Waals surface area (Å²) in [5.41, 5.74) is 1.72. The highest BCUT2D eigenvalue weighted by Gasteiger charge is 2.20. The Balaban J connectivity index is 1.78. The summed E-state index contributed by atoms with van der Waals surface area (Å²) in [6.07, 6.45) is 0.765. The van der Waals surface area contributed by atoms with E-state index in [-0.39, 0.29) is 5.97 Å². The van der Waals surface area contributed by atoms with Crippen molar-refractivity contribution in [1.29, 1.82) is 0 Å². The Labute approximate surface area is 156 Å². The Hall–Kier alpha value is -1.96. The summed E-state index contributed by atoms with van der Waals surface area (Å²) in [7, 11) is 1.39. The van der Waals surface area contributed by atoms with Crippen molar-refractivity contribution in [2.75, 3.05) is 38.7 Å². The molecule has 1 fully saturated rings. The van der Waals surface area contributed by atoms with Gasteiger partial charge in [-0.3, -0.25) is 0 Å². The number of benzene rings is 1. The number of hydrogen-bond donors (Lipinski definition) is 1. The third kappa shape index (κ3) is 4.56. The highest BCUT2D eigenvalue weighted by molar-refractivity contribution is 7.80. The number of methoxy groups -OCH3 is 1. The second-order valence-electron chi connectivity index (χ2n) is 5.64. The average Bonchev–Trinajstić information content (AvgIpc) is 3.04. The zero-order valence-corrected chi connectivity index (χ0v) is 15.6. The van der Waals surface area contributed by atoms with E-state index < -0.39 is 0 Å². The van der Waals surface area contributed by atoms with Gasteiger partial charge in [0.05, 0.1) is 25.9 Å². The number of thiophene rings is 1. The molecule has 0 spiro atoms. The van der Waals surface area contributed by atoms with Crippen molar-refractivity contribution < 1.29 is 14.3 Å². The maximum absolute atomic E-state index is 12.1. The van der Waals surface area contributed by atoms with E-state index >= 15 is 0 Å². The SMILES string of the molecule is COC(=O)c1cc(Cc2ccccc2)sc1NC(=S)N1CCOCC1. The van der Waals surface area contributed by atoms with Crippen molar-refractivity contribution in [3.05, 3.63) is 52.4 Å². The van der Waals surface area contributed by atoms with Gasteiger partial charge in [-0.05, 0) is 23.8 Å². The number of nitrogens with one attached hydrogen (secondary N) is 1. The summed E-state index contributed by atoms with van der Waals surface area (Å²) >= 11 is 7.02. The van der Waals surface area contributed by atoms with Gasteiger partial charge in [0.1, 0.15) is 5.00 Å². The fourth-order valence-electron chi connectivity index (χ4n) is 2.62. The lowest BCUT2D eigenvalue weighted by molar-refractivity contribution is 0.0602. The van der Waals surface area contributed by atoms with Crippen LogP contribution in [0, 0.1) is 0 Å². The molecule has 0 bridgehead atoms. The normalized spacial score (nSPS) is 14.2. The topological polar surface area (TPSA) is 50.8 Å². The molecule has 25 heavy (non-hydrogen) atoms. The fraction of sp³-hybridized carbons (Fsp3) is 0.333. The molecule has 0 saturated carbocycles. The van der Waals surface area contributed by atoms with E-state index in [1.54, 1.807) is 0 Å². The van der Waals surface area contributed by atoms with E-state index in [9.17, 15) is 4.79 Å². The van der Waals surface area contributed by atoms with Crippen molar-refractivity contribution in [2.24, 2.45) is 0 Å². The molecule has 132 valence electrons. The van der Waals surface area contributed by atoms with E-state index in [1.165, 1.54) is 24.0 Å². The Morgan fingerprint density at radius 3 is 2.72 bits per heavy atom. The van der Waals surface area contributed by atoms with Gasteiger partial charge in [0.15, 0.2) is 5.11 Å². The Morgan fingerprint density at radius 1 is 1.32 bits per heavy atom. The van der Waals surface area contributed by atoms with Crippen LogP contribution in [0.2, 0.25) is 0 Å². The number of morpholine rings is 1. The van der Waals surface area contributed by atoms with Crippen LogP contribution in [-0.4, -0.2) is 49.4 Å². The van der Waals surface area contributed by atoms with E-state index in [0.29, 0.717) is 23.9 Å². The number of carbonyl (C=O) groups excluding carboxylic acids is 1. The van der Waals surface area contributed by atoms with Crippen LogP contribution in [0.3, 0.4) is 0 Å². The number of thiocarbonyl (C=S) groups is 1. The lowest BCUT2D eigenvalue weighted by Crippen LogP contribution is -2.42. The van der Waals surface area contributed by atoms with Crippen LogP contribution in [0.5, 0.6) is 0 Å². The minimum atomic E-state index is -0.358. The predicted octanol–water partition coefficient (Wildman–Crippen LogP) is 3.15. The molecule has 1 aliphatic heterocycles. The van der Waals surface area contributed by atoms with Gasteiger partial charge in [-0.25, -0.2) is 4.79 Å². The van der Waals surface area contributed by atoms with Crippen LogP contribution in [0.4, 0.5) is 5.00 Å². The first-order valence-corrected chi connectivity index (χ1v) is 9.28. The van der Waals surface area contributed by atoms with E-state index in [1.807, 2.05) is 24.3 Å². The molecule has 1 N–H and O–H groups in total. The molecule has 0 amide bonds. The van der Waals surface area contributed by atoms with Crippen molar-refractivity contribution in [3.63, 3.8) is 0 Å². The van der Waals surface area contributed by atoms with E-state index in [0.717, 1.165) is 29.4 Å². The number of nitrogens with zero attached hydrogens (tertiary/aromatic N) is 1. The summed E-state index contributed by atoms with van der Waals surface area (Å²) in [5, 5.41) is 4.56. The third-order valence-electron chi connectivity index (χ3n) is 3.93. The molecule has 5 nitrogen and oxygen atoms in total. The Kier molecular flexibility index (Phi) is 6.01. The van der Waals surface area contributed by atoms with Gasteiger partial charge in [-0.2, -0.15) is 0 Å². The highest BCUT2D eigenvalue weighted by Crippen LogP contribution is 2.31. The van der Waals surface area contributed by atoms with Crippen molar-refractivity contribution in [2.45, 2.75) is 6.42 Å². The molecule has 3 rings (SSSR count). The molecular formula is C18H20N2O3S2. The van der Waals surface area contributed by atoms with Gasteiger partial charge in [0, 0.05) is 24.4 Å². The summed E-state index contributed by atoms with van der Waals surface area (Å²) in [6, 6.07) is 12.0. The van der Waals surface area contributed by atoms with Gasteiger partial charge >= 0.3 is 5.97 Å². The zero-order chi connectivity index (χ0) is 17.6. The Bertz CT molecular complexity index is 740. The molecular weight excluding hydrogens is 356 g/mol. The minimum absolute atomic E-state index is 0.358. The number of ether oxygens (including phenoxy) is 2. The standard InChI is InChI=1S/C18H20N2O3S2/c1-22-17(21)15-12-14(11-13-5-3-2-4-6-13)25-16(15)19-18(24)20-7-9-23-10-8-20/h2-6,12H,7-11H2,1H3,(H,19,24). The summed E-state index contributed by atoms with van der Waals surface area (Å²) in [4.78, 5) is 15.3. The molecule has 2 heterocycles. The number of carbonyl (C=O) groups is 1. The van der Waals surface area contributed by atoms with Crippen molar-refractivity contribution in [3.8, 4) is 0 Å². The maximum atomic E-state index is 12.1. The monoisotopic (exact) mass is 376 g/mol. The molecule has 2 aromatic rings. The molecule has 0 atom stereocenters. The molecule has 0 aliphatic carbocycles. The molecule has 1 aromatic carbocycles. The second-order valence-corrected chi connectivity index (χ2v) is 7.16. The first kappa shape index (κ1) is 17.8. The Morgan fingerprint density at radius 2 is 2.04 bits per heavy atom. The number of rotatable bonds is 4. The summed E-state index contributed by atoms with van der Waals surface area (Å²) in [5.74, 6) is -0.358. The van der Waals surface area contributed by atoms with Gasteiger partial charge in [0.2, 0.25) is 0 Å². The minimum Gasteiger partial charge on any atom is -0.465 e. The second kappa shape index (κ2) is 8.42. The lowest BCUT2D eigenvalue weighted by Gasteiger charge is -2.29. The predicted molar refractivity (Wildman–Crippen MR) is 104 cm³/mol. The molecule has 1 aromatic heterocycles. The first-order chi connectivity index (χ1) is 12.2. The van der Waals surface area contributed by atoms with Crippen LogP contribution in [0.25, 0.3) is 0 Å². The van der Waals surface area contributed by atoms with Crippen molar-refractivity contribution in [1.82, 2.24) is 4.90 Å². The number of esters is 1. The van der Waals surface area contributed by atoms with Crippen LogP contribution < -0.4 is 5.32 Å². The number of anilines is 1. The molecule has 0 radical (unpaired) electrons. The molecule has 1 aliphatic rings. The van der Waals surface area contributed by atoms with Crippen LogP contribution in [0.1, 0.15) is 20.8 Å². The van der Waals surface area contributed by atoms with Crippen LogP contribution in [0.15, 0.2) is 36.4 Å². The first-order valence-electron chi connectivity index (χ1n) is 8.06. The van der Waals surface area contributed by atoms with E-state index in [4.69, 9.17) is 21.7 Å². The van der Waals surface area contributed by atoms with Gasteiger partial charge in [0.25, 0.3) is 0 Å². The van der Waals surface area contributed by atoms with Gasteiger partial charge < -0.3 is 19.7 Å². The maximum Gasteiger partial charge on any atom is 0.340 e. The highest BCUT2D eigenvalue weighted by atomic mass is 32.1. The number of hydrogen-bond acceptors (Lipinski definition) is 5. The average molecular weight is 377 g/mol. The van der Waals surface area contributed by atoms with E-state index in [2.05, 4.69) is 22.3 Å². The molecule has 7 heteroatoms. The zero-order valence-electron chi connectivity index (χ0n) is 14.0. The van der Waals surface area contributed by atoms with Crippen LogP contribution >= 0.6 is 23.6 Å². The summed E-state index contributed by atoms with van der Waals surface area (Å²) in [6.45, 7) is 2.83. The largest absolute Gasteiger partial charge is 0.465 e. The van der Waals surface area contributed by atoms with Gasteiger partial charge in [-0.15, -0.1) is 11.3 Å². The quantitative estimate of drug-likeness (QED) is 0.653. The van der Waals surface area contributed by atoms with Gasteiger partial charge in [-0.1, -0.05) is 30.3 Å². The molecule has 0 unspecified atom stereocenters. The fourth-order valence-corrected chi connectivity index (χ4v) is 4.05.